The Labute approximate surface area is 124 Å². The monoisotopic (exact) mass is 274 g/mol. The maximum absolute atomic E-state index is 13.0. The minimum absolute atomic E-state index is 0.132. The summed E-state index contributed by atoms with van der Waals surface area (Å²) in [4.78, 5) is 13.0. The van der Waals surface area contributed by atoms with Crippen molar-refractivity contribution in [2.75, 3.05) is 0 Å². The molecule has 112 valence electrons. The summed E-state index contributed by atoms with van der Waals surface area (Å²) in [5, 5.41) is 0. The van der Waals surface area contributed by atoms with Gasteiger partial charge in [0.1, 0.15) is 0 Å². The Morgan fingerprint density at radius 2 is 1.50 bits per heavy atom. The van der Waals surface area contributed by atoms with Crippen molar-refractivity contribution in [3.05, 3.63) is 35.9 Å². The van der Waals surface area contributed by atoms with Gasteiger partial charge in [0.2, 0.25) is 0 Å². The minimum Gasteiger partial charge on any atom is -0.294 e. The number of Topliss-reactive ketones (excluding diaryl/α,β-unsaturated/α-hetero) is 1. The van der Waals surface area contributed by atoms with Crippen molar-refractivity contribution in [2.45, 2.75) is 72.1 Å². The van der Waals surface area contributed by atoms with Crippen LogP contribution >= 0.6 is 0 Å². The lowest BCUT2D eigenvalue weighted by Crippen LogP contribution is -2.31. The Morgan fingerprint density at radius 3 is 2.05 bits per heavy atom. The maximum atomic E-state index is 13.0. The lowest BCUT2D eigenvalue weighted by molar-refractivity contribution is 0.0737. The van der Waals surface area contributed by atoms with E-state index in [1.807, 2.05) is 30.3 Å². The average molecular weight is 274 g/mol. The van der Waals surface area contributed by atoms with Crippen LogP contribution < -0.4 is 0 Å². The molecule has 1 rings (SSSR count). The molecule has 0 heterocycles. The summed E-state index contributed by atoms with van der Waals surface area (Å²) in [5.74, 6) is 0.366. The van der Waals surface area contributed by atoms with Gasteiger partial charge in [-0.25, -0.2) is 0 Å². The fourth-order valence-electron chi connectivity index (χ4n) is 2.99. The van der Waals surface area contributed by atoms with E-state index in [0.29, 0.717) is 5.78 Å². The van der Waals surface area contributed by atoms with Crippen LogP contribution in [0.3, 0.4) is 0 Å². The molecular weight excluding hydrogens is 244 g/mol. The van der Waals surface area contributed by atoms with Crippen molar-refractivity contribution in [3.63, 3.8) is 0 Å². The van der Waals surface area contributed by atoms with Gasteiger partial charge >= 0.3 is 0 Å². The van der Waals surface area contributed by atoms with Crippen LogP contribution in [-0.2, 0) is 0 Å². The van der Waals surface area contributed by atoms with E-state index in [9.17, 15) is 4.79 Å². The molecule has 1 atom stereocenters. The fraction of sp³-hybridized carbons (Fsp3) is 0.632. The fourth-order valence-corrected chi connectivity index (χ4v) is 2.99. The van der Waals surface area contributed by atoms with Crippen LogP contribution in [0.5, 0.6) is 0 Å². The van der Waals surface area contributed by atoms with Crippen molar-refractivity contribution >= 4 is 5.78 Å². The van der Waals surface area contributed by atoms with Gasteiger partial charge in [-0.2, -0.15) is 0 Å². The van der Waals surface area contributed by atoms with E-state index in [1.54, 1.807) is 0 Å². The standard InChI is InChI=1S/C19H30O/c1-4-7-12-16-19(6-3,15-8-5-2)18(20)17-13-10-9-11-14-17/h9-11,13-14H,4-8,12,15-16H2,1-3H3. The Bertz CT molecular complexity index is 382. The first-order valence-corrected chi connectivity index (χ1v) is 8.30. The van der Waals surface area contributed by atoms with Crippen LogP contribution in [0.4, 0.5) is 0 Å². The summed E-state index contributed by atoms with van der Waals surface area (Å²) in [6.45, 7) is 6.61. The molecule has 0 saturated heterocycles. The molecule has 0 N–H and O–H groups in total. The van der Waals surface area contributed by atoms with E-state index in [0.717, 1.165) is 37.7 Å². The molecule has 20 heavy (non-hydrogen) atoms. The molecule has 0 aliphatic carbocycles. The highest BCUT2D eigenvalue weighted by Crippen LogP contribution is 2.38. The molecule has 1 nitrogen and oxygen atoms in total. The number of ketones is 1. The maximum Gasteiger partial charge on any atom is 0.168 e. The first-order valence-electron chi connectivity index (χ1n) is 8.30. The predicted octanol–water partition coefficient (Wildman–Crippen LogP) is 6.04. The second-order valence-corrected chi connectivity index (χ2v) is 5.89. The zero-order valence-electron chi connectivity index (χ0n) is 13.5. The predicted molar refractivity (Wildman–Crippen MR) is 87.2 cm³/mol. The van der Waals surface area contributed by atoms with Crippen molar-refractivity contribution < 1.29 is 4.79 Å². The van der Waals surface area contributed by atoms with Gasteiger partial charge in [-0.3, -0.25) is 4.79 Å². The number of hydrogen-bond acceptors (Lipinski definition) is 1. The third-order valence-corrected chi connectivity index (χ3v) is 4.46. The molecule has 0 aromatic heterocycles. The van der Waals surface area contributed by atoms with Gasteiger partial charge in [0.15, 0.2) is 5.78 Å². The molecule has 0 fully saturated rings. The molecule has 0 amide bonds. The van der Waals surface area contributed by atoms with Gasteiger partial charge in [0, 0.05) is 11.0 Å². The largest absolute Gasteiger partial charge is 0.294 e. The van der Waals surface area contributed by atoms with E-state index in [2.05, 4.69) is 20.8 Å². The average Bonchev–Trinajstić information content (AvgIpc) is 2.51. The normalized spacial score (nSPS) is 13.9. The number of unbranched alkanes of at least 4 members (excludes halogenated alkanes) is 3. The lowest BCUT2D eigenvalue weighted by atomic mass is 9.71. The van der Waals surface area contributed by atoms with Gasteiger partial charge in [-0.1, -0.05) is 83.2 Å². The van der Waals surface area contributed by atoms with Crippen LogP contribution in [0, 0.1) is 5.41 Å². The van der Waals surface area contributed by atoms with Crippen LogP contribution in [0.1, 0.15) is 82.5 Å². The van der Waals surface area contributed by atoms with Gasteiger partial charge in [-0.05, 0) is 19.3 Å². The Morgan fingerprint density at radius 1 is 0.900 bits per heavy atom. The number of carbonyl (C=O) groups is 1. The highest BCUT2D eigenvalue weighted by atomic mass is 16.1. The molecule has 0 aliphatic heterocycles. The second kappa shape index (κ2) is 8.94. The zero-order valence-corrected chi connectivity index (χ0v) is 13.5. The highest BCUT2D eigenvalue weighted by Gasteiger charge is 2.35. The summed E-state index contributed by atoms with van der Waals surface area (Å²) >= 11 is 0. The van der Waals surface area contributed by atoms with Crippen LogP contribution in [0.15, 0.2) is 30.3 Å². The van der Waals surface area contributed by atoms with E-state index in [1.165, 1.54) is 19.3 Å². The molecule has 0 saturated carbocycles. The Balaban J connectivity index is 2.91. The molecular formula is C19H30O. The number of benzene rings is 1. The Kier molecular flexibility index (Phi) is 7.58. The topological polar surface area (TPSA) is 17.1 Å². The number of hydrogen-bond donors (Lipinski definition) is 0. The highest BCUT2D eigenvalue weighted by molar-refractivity contribution is 6.00. The van der Waals surface area contributed by atoms with Crippen LogP contribution in [-0.4, -0.2) is 5.78 Å². The molecule has 0 spiro atoms. The van der Waals surface area contributed by atoms with Crippen LogP contribution in [0.25, 0.3) is 0 Å². The van der Waals surface area contributed by atoms with Crippen molar-refractivity contribution in [3.8, 4) is 0 Å². The minimum atomic E-state index is -0.132. The summed E-state index contributed by atoms with van der Waals surface area (Å²) in [5.41, 5.74) is 0.758. The molecule has 1 aromatic carbocycles. The van der Waals surface area contributed by atoms with Gasteiger partial charge in [0.05, 0.1) is 0 Å². The molecule has 0 radical (unpaired) electrons. The molecule has 0 bridgehead atoms. The van der Waals surface area contributed by atoms with E-state index in [4.69, 9.17) is 0 Å². The molecule has 1 unspecified atom stereocenters. The van der Waals surface area contributed by atoms with Crippen LogP contribution in [0.2, 0.25) is 0 Å². The molecule has 0 aliphatic rings. The summed E-state index contributed by atoms with van der Waals surface area (Å²) in [6.07, 6.45) is 8.98. The number of carbonyl (C=O) groups excluding carboxylic acids is 1. The second-order valence-electron chi connectivity index (χ2n) is 5.89. The molecule has 1 heteroatoms. The SMILES string of the molecule is CCCCCC(CC)(CCCC)C(=O)c1ccccc1. The van der Waals surface area contributed by atoms with Crippen molar-refractivity contribution in [1.29, 1.82) is 0 Å². The Hall–Kier alpha value is -1.11. The zero-order chi connectivity index (χ0) is 14.8. The van der Waals surface area contributed by atoms with Gasteiger partial charge in [-0.15, -0.1) is 0 Å². The molecule has 1 aromatic rings. The first-order chi connectivity index (χ1) is 9.70. The van der Waals surface area contributed by atoms with Gasteiger partial charge in [0.25, 0.3) is 0 Å². The smallest absolute Gasteiger partial charge is 0.168 e. The summed E-state index contributed by atoms with van der Waals surface area (Å²) in [7, 11) is 0. The summed E-state index contributed by atoms with van der Waals surface area (Å²) < 4.78 is 0. The van der Waals surface area contributed by atoms with Crippen molar-refractivity contribution in [2.24, 2.45) is 5.41 Å². The third kappa shape index (κ3) is 4.47. The first kappa shape index (κ1) is 16.9. The quantitative estimate of drug-likeness (QED) is 0.375. The third-order valence-electron chi connectivity index (χ3n) is 4.46. The van der Waals surface area contributed by atoms with E-state index in [-0.39, 0.29) is 5.41 Å². The lowest BCUT2D eigenvalue weighted by Gasteiger charge is -2.31. The van der Waals surface area contributed by atoms with Crippen molar-refractivity contribution in [1.82, 2.24) is 0 Å². The van der Waals surface area contributed by atoms with E-state index >= 15 is 0 Å². The summed E-state index contributed by atoms with van der Waals surface area (Å²) in [6, 6.07) is 9.86. The number of rotatable bonds is 10. The van der Waals surface area contributed by atoms with Gasteiger partial charge < -0.3 is 0 Å². The van der Waals surface area contributed by atoms with E-state index < -0.39 is 0 Å².